The summed E-state index contributed by atoms with van der Waals surface area (Å²) in [5.74, 6) is 0.715. The summed E-state index contributed by atoms with van der Waals surface area (Å²) in [7, 11) is 0. The van der Waals surface area contributed by atoms with Crippen LogP contribution < -0.4 is 0 Å². The lowest BCUT2D eigenvalue weighted by molar-refractivity contribution is 0.176. The molecule has 2 aliphatic carbocycles. The first-order valence-electron chi connectivity index (χ1n) is 7.13. The Bertz CT molecular complexity index is 391. The van der Waals surface area contributed by atoms with E-state index in [-0.39, 0.29) is 6.03 Å². The normalized spacial score (nSPS) is 20.9. The molecule has 3 rings (SSSR count). The number of hydrogen-bond donors (Lipinski definition) is 0. The van der Waals surface area contributed by atoms with E-state index in [2.05, 4.69) is 9.88 Å². The van der Waals surface area contributed by atoms with Gasteiger partial charge in [-0.05, 0) is 31.6 Å². The number of carbonyl (C=O) groups excluding carboxylic acids is 1. The third-order valence-electron chi connectivity index (χ3n) is 4.14. The lowest BCUT2D eigenvalue weighted by Crippen LogP contribution is -2.40. The van der Waals surface area contributed by atoms with E-state index >= 15 is 0 Å². The second kappa shape index (κ2) is 5.12. The van der Waals surface area contributed by atoms with Crippen LogP contribution in [0.3, 0.4) is 0 Å². The first kappa shape index (κ1) is 11.8. The molecule has 0 unspecified atom stereocenters. The van der Waals surface area contributed by atoms with Crippen LogP contribution in [-0.2, 0) is 0 Å². The SMILES string of the molecule is O=C(N(CC1CCCCC1)C1CC1)n1ccnc1. The average molecular weight is 247 g/mol. The first-order valence-corrected chi connectivity index (χ1v) is 7.13. The van der Waals surface area contributed by atoms with Crippen LogP contribution in [0.4, 0.5) is 4.79 Å². The smallest absolute Gasteiger partial charge is 0.321 e. The van der Waals surface area contributed by atoms with Crippen molar-refractivity contribution < 1.29 is 4.79 Å². The van der Waals surface area contributed by atoms with E-state index in [1.54, 1.807) is 23.3 Å². The molecule has 4 heteroatoms. The van der Waals surface area contributed by atoms with Gasteiger partial charge in [0, 0.05) is 25.0 Å². The number of hydrogen-bond acceptors (Lipinski definition) is 2. The van der Waals surface area contributed by atoms with Gasteiger partial charge >= 0.3 is 6.03 Å². The van der Waals surface area contributed by atoms with Gasteiger partial charge in [-0.3, -0.25) is 4.57 Å². The van der Waals surface area contributed by atoms with Gasteiger partial charge in [-0.1, -0.05) is 19.3 Å². The third kappa shape index (κ3) is 2.57. The monoisotopic (exact) mass is 247 g/mol. The first-order chi connectivity index (χ1) is 8.84. The molecular weight excluding hydrogens is 226 g/mol. The summed E-state index contributed by atoms with van der Waals surface area (Å²) in [6.45, 7) is 0.946. The topological polar surface area (TPSA) is 38.1 Å². The molecule has 1 aromatic heterocycles. The van der Waals surface area contributed by atoms with E-state index in [0.717, 1.165) is 6.54 Å². The molecule has 0 bridgehead atoms. The summed E-state index contributed by atoms with van der Waals surface area (Å²) < 4.78 is 1.61. The molecule has 2 aliphatic rings. The predicted molar refractivity (Wildman–Crippen MR) is 69.3 cm³/mol. The predicted octanol–water partition coefficient (Wildman–Crippen LogP) is 2.90. The summed E-state index contributed by atoms with van der Waals surface area (Å²) in [6, 6.07) is 0.599. The fourth-order valence-electron chi connectivity index (χ4n) is 2.94. The van der Waals surface area contributed by atoms with Crippen molar-refractivity contribution in [2.75, 3.05) is 6.54 Å². The Balaban J connectivity index is 1.66. The highest BCUT2D eigenvalue weighted by Gasteiger charge is 2.34. The fraction of sp³-hybridized carbons (Fsp3) is 0.714. The van der Waals surface area contributed by atoms with E-state index in [1.165, 1.54) is 44.9 Å². The summed E-state index contributed by atoms with van der Waals surface area (Å²) in [6.07, 6.45) is 14.0. The van der Waals surface area contributed by atoms with Crippen LogP contribution >= 0.6 is 0 Å². The van der Waals surface area contributed by atoms with Crippen molar-refractivity contribution in [2.45, 2.75) is 51.0 Å². The van der Waals surface area contributed by atoms with Crippen molar-refractivity contribution in [3.05, 3.63) is 18.7 Å². The van der Waals surface area contributed by atoms with Crippen molar-refractivity contribution >= 4 is 6.03 Å². The molecule has 2 saturated carbocycles. The minimum absolute atomic E-state index is 0.112. The zero-order valence-corrected chi connectivity index (χ0v) is 10.8. The molecule has 18 heavy (non-hydrogen) atoms. The summed E-state index contributed by atoms with van der Waals surface area (Å²) in [5, 5.41) is 0. The second-order valence-corrected chi connectivity index (χ2v) is 5.64. The molecule has 2 fully saturated rings. The zero-order valence-electron chi connectivity index (χ0n) is 10.8. The molecule has 1 aromatic rings. The van der Waals surface area contributed by atoms with Crippen molar-refractivity contribution in [3.8, 4) is 0 Å². The minimum atomic E-state index is 0.112. The van der Waals surface area contributed by atoms with Crippen LogP contribution in [0.1, 0.15) is 44.9 Å². The lowest BCUT2D eigenvalue weighted by Gasteiger charge is -2.29. The lowest BCUT2D eigenvalue weighted by atomic mass is 9.89. The van der Waals surface area contributed by atoms with Crippen LogP contribution in [0.15, 0.2) is 18.7 Å². The summed E-state index contributed by atoms with van der Waals surface area (Å²) in [5.41, 5.74) is 0. The van der Waals surface area contributed by atoms with Gasteiger partial charge in [0.05, 0.1) is 0 Å². The third-order valence-corrected chi connectivity index (χ3v) is 4.14. The average Bonchev–Trinajstić information content (AvgIpc) is 3.10. The molecule has 0 spiro atoms. The van der Waals surface area contributed by atoms with Gasteiger partial charge in [-0.2, -0.15) is 0 Å². The number of nitrogens with zero attached hydrogens (tertiary/aromatic N) is 3. The van der Waals surface area contributed by atoms with Crippen molar-refractivity contribution in [2.24, 2.45) is 5.92 Å². The van der Waals surface area contributed by atoms with Gasteiger partial charge in [-0.25, -0.2) is 9.78 Å². The molecule has 0 saturated heterocycles. The number of aromatic nitrogens is 2. The molecule has 0 atom stereocenters. The van der Waals surface area contributed by atoms with Crippen molar-refractivity contribution in [1.29, 1.82) is 0 Å². The molecule has 1 heterocycles. The Labute approximate surface area is 108 Å². The van der Waals surface area contributed by atoms with Gasteiger partial charge in [0.25, 0.3) is 0 Å². The van der Waals surface area contributed by atoms with Gasteiger partial charge in [0.1, 0.15) is 6.33 Å². The van der Waals surface area contributed by atoms with E-state index in [9.17, 15) is 4.79 Å². The molecule has 1 amide bonds. The Morgan fingerprint density at radius 1 is 1.22 bits per heavy atom. The Hall–Kier alpha value is -1.32. The summed E-state index contributed by atoms with van der Waals surface area (Å²) >= 11 is 0. The van der Waals surface area contributed by atoms with Crippen LogP contribution in [0, 0.1) is 5.92 Å². The standard InChI is InChI=1S/C14H21N3O/c18-14(16-9-8-15-11-16)17(13-6-7-13)10-12-4-2-1-3-5-12/h8-9,11-13H,1-7,10H2. The van der Waals surface area contributed by atoms with E-state index < -0.39 is 0 Å². The molecule has 0 N–H and O–H groups in total. The number of amides is 1. The van der Waals surface area contributed by atoms with Crippen LogP contribution in [-0.4, -0.2) is 33.1 Å². The molecule has 98 valence electrons. The van der Waals surface area contributed by atoms with Gasteiger partial charge in [-0.15, -0.1) is 0 Å². The molecule has 4 nitrogen and oxygen atoms in total. The number of carbonyl (C=O) groups is 1. The number of imidazole rings is 1. The highest BCUT2D eigenvalue weighted by atomic mass is 16.2. The highest BCUT2D eigenvalue weighted by Crippen LogP contribution is 2.31. The largest absolute Gasteiger partial charge is 0.329 e. The van der Waals surface area contributed by atoms with Crippen LogP contribution in [0.2, 0.25) is 0 Å². The maximum Gasteiger partial charge on any atom is 0.329 e. The summed E-state index contributed by atoms with van der Waals surface area (Å²) in [4.78, 5) is 18.5. The Kier molecular flexibility index (Phi) is 3.35. The molecule has 0 aromatic carbocycles. The molecule has 0 aliphatic heterocycles. The van der Waals surface area contributed by atoms with E-state index in [0.29, 0.717) is 12.0 Å². The maximum atomic E-state index is 12.4. The van der Waals surface area contributed by atoms with Gasteiger partial charge in [0.2, 0.25) is 0 Å². The van der Waals surface area contributed by atoms with Gasteiger partial charge < -0.3 is 4.90 Å². The van der Waals surface area contributed by atoms with Gasteiger partial charge in [0.15, 0.2) is 0 Å². The quantitative estimate of drug-likeness (QED) is 0.823. The maximum absolute atomic E-state index is 12.4. The van der Waals surface area contributed by atoms with Crippen molar-refractivity contribution in [1.82, 2.24) is 14.5 Å². The molecule has 0 radical (unpaired) electrons. The van der Waals surface area contributed by atoms with E-state index in [1.807, 2.05) is 0 Å². The van der Waals surface area contributed by atoms with Crippen molar-refractivity contribution in [3.63, 3.8) is 0 Å². The second-order valence-electron chi connectivity index (χ2n) is 5.64. The zero-order chi connectivity index (χ0) is 12.4. The van der Waals surface area contributed by atoms with E-state index in [4.69, 9.17) is 0 Å². The van der Waals surface area contributed by atoms with Crippen LogP contribution in [0.25, 0.3) is 0 Å². The highest BCUT2D eigenvalue weighted by molar-refractivity contribution is 5.77. The molecular formula is C14H21N3O. The fourth-order valence-corrected chi connectivity index (χ4v) is 2.94. The Morgan fingerprint density at radius 3 is 2.61 bits per heavy atom. The number of rotatable bonds is 3. The minimum Gasteiger partial charge on any atom is -0.321 e. The van der Waals surface area contributed by atoms with Crippen LogP contribution in [0.5, 0.6) is 0 Å². The Morgan fingerprint density at radius 2 is 2.00 bits per heavy atom.